The number of aliphatic hydroxyl groups is 2. The summed E-state index contributed by atoms with van der Waals surface area (Å²) in [6, 6.07) is 12.9. The minimum absolute atomic E-state index is 0.161. The molecule has 10 nitrogen and oxygen atoms in total. The molecule has 1 aromatic heterocycles. The molecule has 0 bridgehead atoms. The maximum absolute atomic E-state index is 12.5. The Bertz CT molecular complexity index is 1280. The molecule has 5 N–H and O–H groups in total. The molecule has 1 saturated heterocycles. The van der Waals surface area contributed by atoms with Gasteiger partial charge >= 0.3 is 13.3 Å². The number of hydrogen-bond acceptors (Lipinski definition) is 6. The highest BCUT2D eigenvalue weighted by atomic mass is 31.2. The van der Waals surface area contributed by atoms with E-state index in [1.165, 1.54) is 6.20 Å². The SMILES string of the molecule is O=c1[nH]c(=O)n([C@@H]2O[C@H](CCP(=O)(O)O)[C@@H](O)[C@H]2O)cc1-c1ccc2ccccc2c1. The predicted molar refractivity (Wildman–Crippen MR) is 112 cm³/mol. The van der Waals surface area contributed by atoms with Gasteiger partial charge in [0.15, 0.2) is 6.23 Å². The number of benzene rings is 2. The second-order valence-corrected chi connectivity index (χ2v) is 9.27. The number of nitrogens with one attached hydrogen (secondary N) is 1. The van der Waals surface area contributed by atoms with Gasteiger partial charge in [-0.25, -0.2) is 4.79 Å². The average molecular weight is 448 g/mol. The maximum Gasteiger partial charge on any atom is 0.330 e. The predicted octanol–water partition coefficient (Wildman–Crippen LogP) is 0.544. The van der Waals surface area contributed by atoms with Crippen LogP contribution in [0.2, 0.25) is 0 Å². The topological polar surface area (TPSA) is 162 Å². The molecule has 1 aliphatic heterocycles. The van der Waals surface area contributed by atoms with Crippen LogP contribution in [0, 0.1) is 0 Å². The van der Waals surface area contributed by atoms with Gasteiger partial charge in [0.1, 0.15) is 12.2 Å². The van der Waals surface area contributed by atoms with Crippen LogP contribution >= 0.6 is 7.60 Å². The minimum Gasteiger partial charge on any atom is -0.388 e. The van der Waals surface area contributed by atoms with Crippen LogP contribution in [-0.2, 0) is 9.30 Å². The zero-order valence-corrected chi connectivity index (χ0v) is 17.1. The summed E-state index contributed by atoms with van der Waals surface area (Å²) in [6.45, 7) is 0. The summed E-state index contributed by atoms with van der Waals surface area (Å²) in [7, 11) is -4.33. The Morgan fingerprint density at radius 1 is 1.03 bits per heavy atom. The van der Waals surface area contributed by atoms with Gasteiger partial charge in [-0.1, -0.05) is 36.4 Å². The number of fused-ring (bicyclic) bond motifs is 1. The molecule has 1 aliphatic rings. The van der Waals surface area contributed by atoms with Crippen LogP contribution in [0.4, 0.5) is 0 Å². The number of aromatic nitrogens is 2. The number of hydrogen-bond donors (Lipinski definition) is 5. The highest BCUT2D eigenvalue weighted by Crippen LogP contribution is 2.39. The number of aromatic amines is 1. The Hall–Kier alpha value is -2.59. The normalized spacial score (nSPS) is 24.0. The van der Waals surface area contributed by atoms with Gasteiger partial charge in [0.25, 0.3) is 5.56 Å². The van der Waals surface area contributed by atoms with Gasteiger partial charge in [0.05, 0.1) is 17.8 Å². The molecule has 4 rings (SSSR count). The Kier molecular flexibility index (Phi) is 5.69. The van der Waals surface area contributed by atoms with Crippen LogP contribution in [0.1, 0.15) is 12.6 Å². The van der Waals surface area contributed by atoms with Crippen LogP contribution in [0.15, 0.2) is 58.3 Å². The highest BCUT2D eigenvalue weighted by Gasteiger charge is 2.44. The zero-order valence-electron chi connectivity index (χ0n) is 16.2. The van der Waals surface area contributed by atoms with Gasteiger partial charge in [-0.05, 0) is 28.8 Å². The van der Waals surface area contributed by atoms with Crippen LogP contribution in [0.3, 0.4) is 0 Å². The highest BCUT2D eigenvalue weighted by molar-refractivity contribution is 7.51. The molecule has 0 radical (unpaired) electrons. The fourth-order valence-corrected chi connectivity index (χ4v) is 4.32. The molecule has 3 aromatic rings. The summed E-state index contributed by atoms with van der Waals surface area (Å²) in [4.78, 5) is 45.1. The quantitative estimate of drug-likeness (QED) is 0.353. The van der Waals surface area contributed by atoms with Crippen molar-refractivity contribution in [3.8, 4) is 11.1 Å². The molecular formula is C20H21N2O8P. The maximum atomic E-state index is 12.5. The van der Waals surface area contributed by atoms with Crippen molar-refractivity contribution in [2.45, 2.75) is 31.0 Å². The van der Waals surface area contributed by atoms with E-state index < -0.39 is 49.5 Å². The molecule has 0 aliphatic carbocycles. The van der Waals surface area contributed by atoms with E-state index in [0.29, 0.717) is 5.56 Å². The molecule has 2 heterocycles. The standard InChI is InChI=1S/C20H21N2O8P/c23-16-15(7-8-31(27,28)29)30-19(17(16)24)22-10-14(18(25)21-20(22)26)13-6-5-11-3-1-2-4-12(11)9-13/h1-6,9-10,15-17,19,23-24H,7-8H2,(H,21,25,26)(H2,27,28,29)/t15-,16-,17-,19-/m1/s1. The van der Waals surface area contributed by atoms with E-state index in [4.69, 9.17) is 14.5 Å². The molecule has 2 aromatic carbocycles. The zero-order chi connectivity index (χ0) is 22.3. The Balaban J connectivity index is 1.70. The summed E-state index contributed by atoms with van der Waals surface area (Å²) >= 11 is 0. The Labute approximate surface area is 175 Å². The first-order valence-corrected chi connectivity index (χ1v) is 11.3. The van der Waals surface area contributed by atoms with Gasteiger partial charge < -0.3 is 24.7 Å². The number of H-pyrrole nitrogens is 1. The third-order valence-electron chi connectivity index (χ3n) is 5.34. The first kappa shape index (κ1) is 21.6. The van der Waals surface area contributed by atoms with Gasteiger partial charge in [-0.3, -0.25) is 18.9 Å². The summed E-state index contributed by atoms with van der Waals surface area (Å²) in [5.41, 5.74) is -0.766. The fourth-order valence-electron chi connectivity index (χ4n) is 3.73. The molecule has 0 unspecified atom stereocenters. The van der Waals surface area contributed by atoms with Gasteiger partial charge in [0, 0.05) is 6.20 Å². The second-order valence-electron chi connectivity index (χ2n) is 7.49. The third kappa shape index (κ3) is 4.40. The Morgan fingerprint density at radius 2 is 1.74 bits per heavy atom. The van der Waals surface area contributed by atoms with Crippen LogP contribution in [-0.4, -0.2) is 54.0 Å². The van der Waals surface area contributed by atoms with Gasteiger partial charge in [-0.2, -0.15) is 0 Å². The van der Waals surface area contributed by atoms with Crippen molar-refractivity contribution in [3.05, 3.63) is 69.5 Å². The minimum atomic E-state index is -4.33. The van der Waals surface area contributed by atoms with Crippen molar-refractivity contribution in [3.63, 3.8) is 0 Å². The van der Waals surface area contributed by atoms with E-state index in [9.17, 15) is 24.4 Å². The smallest absolute Gasteiger partial charge is 0.330 e. The van der Waals surface area contributed by atoms with Gasteiger partial charge in [-0.15, -0.1) is 0 Å². The van der Waals surface area contributed by atoms with E-state index in [1.807, 2.05) is 30.3 Å². The van der Waals surface area contributed by atoms with E-state index in [-0.39, 0.29) is 12.0 Å². The fraction of sp³-hybridized carbons (Fsp3) is 0.300. The molecule has 0 amide bonds. The molecule has 31 heavy (non-hydrogen) atoms. The summed E-state index contributed by atoms with van der Waals surface area (Å²) in [5, 5.41) is 22.5. The lowest BCUT2D eigenvalue weighted by Crippen LogP contribution is -2.38. The van der Waals surface area contributed by atoms with Crippen molar-refractivity contribution in [1.29, 1.82) is 0 Å². The first-order chi connectivity index (χ1) is 14.6. The van der Waals surface area contributed by atoms with Crippen molar-refractivity contribution < 1.29 is 29.3 Å². The third-order valence-corrected chi connectivity index (χ3v) is 6.19. The lowest BCUT2D eigenvalue weighted by Gasteiger charge is -2.18. The molecule has 1 fully saturated rings. The van der Waals surface area contributed by atoms with E-state index in [1.54, 1.807) is 12.1 Å². The summed E-state index contributed by atoms with van der Waals surface area (Å²) < 4.78 is 17.6. The van der Waals surface area contributed by atoms with Crippen LogP contribution in [0.25, 0.3) is 21.9 Å². The lowest BCUT2D eigenvalue weighted by atomic mass is 10.0. The van der Waals surface area contributed by atoms with Crippen molar-refractivity contribution in [2.75, 3.05) is 6.16 Å². The summed E-state index contributed by atoms with van der Waals surface area (Å²) in [6.07, 6.45) is -4.92. The first-order valence-electron chi connectivity index (χ1n) is 9.55. The lowest BCUT2D eigenvalue weighted by molar-refractivity contribution is -0.0404. The largest absolute Gasteiger partial charge is 0.388 e. The van der Waals surface area contributed by atoms with Crippen molar-refractivity contribution in [1.82, 2.24) is 9.55 Å². The van der Waals surface area contributed by atoms with E-state index in [0.717, 1.165) is 15.3 Å². The van der Waals surface area contributed by atoms with Crippen LogP contribution in [0.5, 0.6) is 0 Å². The van der Waals surface area contributed by atoms with Crippen molar-refractivity contribution >= 4 is 18.4 Å². The summed E-state index contributed by atoms with van der Waals surface area (Å²) in [5.74, 6) is 0. The second kappa shape index (κ2) is 8.16. The molecule has 0 spiro atoms. The average Bonchev–Trinajstić information content (AvgIpc) is 3.00. The molecule has 4 atom stereocenters. The monoisotopic (exact) mass is 448 g/mol. The number of nitrogens with zero attached hydrogens (tertiary/aromatic N) is 1. The van der Waals surface area contributed by atoms with Crippen LogP contribution < -0.4 is 11.2 Å². The number of ether oxygens (including phenoxy) is 1. The number of aliphatic hydroxyl groups excluding tert-OH is 2. The molecule has 164 valence electrons. The van der Waals surface area contributed by atoms with E-state index in [2.05, 4.69) is 4.98 Å². The van der Waals surface area contributed by atoms with E-state index >= 15 is 0 Å². The molecular weight excluding hydrogens is 427 g/mol. The van der Waals surface area contributed by atoms with Gasteiger partial charge in [0.2, 0.25) is 0 Å². The van der Waals surface area contributed by atoms with Crippen molar-refractivity contribution in [2.24, 2.45) is 0 Å². The molecule has 0 saturated carbocycles. The Morgan fingerprint density at radius 3 is 2.45 bits per heavy atom. The molecule has 11 heteroatoms. The number of rotatable bonds is 5.